The summed E-state index contributed by atoms with van der Waals surface area (Å²) >= 11 is 0. The third kappa shape index (κ3) is 1.94. The van der Waals surface area contributed by atoms with Crippen molar-refractivity contribution in [2.24, 2.45) is 11.1 Å². The van der Waals surface area contributed by atoms with Crippen LogP contribution in [0.4, 0.5) is 0 Å². The molecule has 0 aliphatic heterocycles. The van der Waals surface area contributed by atoms with E-state index >= 15 is 0 Å². The van der Waals surface area contributed by atoms with Gasteiger partial charge in [-0.05, 0) is 20.3 Å². The lowest BCUT2D eigenvalue weighted by atomic mass is 9.86. The smallest absolute Gasteiger partial charge is 0.103 e. The molecule has 10 heavy (non-hydrogen) atoms. The zero-order valence-corrected chi connectivity index (χ0v) is 6.92. The van der Waals surface area contributed by atoms with Crippen LogP contribution in [0.3, 0.4) is 0 Å². The van der Waals surface area contributed by atoms with Crippen LogP contribution in [0, 0.1) is 10.8 Å². The quantitative estimate of drug-likeness (QED) is 0.437. The van der Waals surface area contributed by atoms with Crippen LogP contribution in [0.5, 0.6) is 0 Å². The Bertz CT molecular complexity index is 129. The number of nitroso groups, excluding NO2 is 1. The van der Waals surface area contributed by atoms with Gasteiger partial charge in [-0.25, -0.2) is 0 Å². The zero-order valence-electron chi connectivity index (χ0n) is 6.92. The maximum absolute atomic E-state index is 10.3. The number of hydrogen-bond donors (Lipinski definition) is 0. The van der Waals surface area contributed by atoms with Gasteiger partial charge in [0.2, 0.25) is 0 Å². The summed E-state index contributed by atoms with van der Waals surface area (Å²) in [5, 5.41) is 3.04. The maximum atomic E-state index is 10.3. The predicted octanol–water partition coefficient (Wildman–Crippen LogP) is 2.74. The minimum absolute atomic E-state index is 0.199. The van der Waals surface area contributed by atoms with E-state index in [1.165, 1.54) is 0 Å². The SMILES string of the molecule is C=CC(CC)C(C)(C)N=O. The number of nitrogens with zero attached hydrogens (tertiary/aromatic N) is 1. The van der Waals surface area contributed by atoms with Gasteiger partial charge in [0.25, 0.3) is 0 Å². The molecule has 0 amide bonds. The number of hydrogen-bond acceptors (Lipinski definition) is 2. The van der Waals surface area contributed by atoms with E-state index in [0.717, 1.165) is 6.42 Å². The number of rotatable bonds is 4. The van der Waals surface area contributed by atoms with Crippen molar-refractivity contribution < 1.29 is 0 Å². The molecule has 0 N–H and O–H groups in total. The minimum Gasteiger partial charge on any atom is -0.150 e. The van der Waals surface area contributed by atoms with E-state index in [1.807, 2.05) is 20.8 Å². The lowest BCUT2D eigenvalue weighted by Crippen LogP contribution is -2.26. The monoisotopic (exact) mass is 141 g/mol. The zero-order chi connectivity index (χ0) is 8.20. The van der Waals surface area contributed by atoms with E-state index in [9.17, 15) is 4.91 Å². The lowest BCUT2D eigenvalue weighted by Gasteiger charge is -2.22. The molecule has 0 aliphatic carbocycles. The average molecular weight is 141 g/mol. The molecular formula is C8H15NO. The Kier molecular flexibility index (Phi) is 3.26. The van der Waals surface area contributed by atoms with Gasteiger partial charge in [-0.3, -0.25) is 0 Å². The third-order valence-corrected chi connectivity index (χ3v) is 1.87. The summed E-state index contributed by atoms with van der Waals surface area (Å²) in [7, 11) is 0. The van der Waals surface area contributed by atoms with E-state index in [2.05, 4.69) is 11.8 Å². The Morgan fingerprint density at radius 3 is 2.30 bits per heavy atom. The van der Waals surface area contributed by atoms with Gasteiger partial charge >= 0.3 is 0 Å². The van der Waals surface area contributed by atoms with E-state index in [0.29, 0.717) is 0 Å². The first kappa shape index (κ1) is 9.34. The molecular weight excluding hydrogens is 126 g/mol. The Hall–Kier alpha value is -0.660. The van der Waals surface area contributed by atoms with Crippen molar-refractivity contribution in [3.8, 4) is 0 Å². The molecule has 0 aliphatic rings. The van der Waals surface area contributed by atoms with Gasteiger partial charge in [0.05, 0.1) is 0 Å². The molecule has 0 aromatic rings. The van der Waals surface area contributed by atoms with Gasteiger partial charge in [0.15, 0.2) is 0 Å². The predicted molar refractivity (Wildman–Crippen MR) is 43.9 cm³/mol. The fourth-order valence-electron chi connectivity index (χ4n) is 1.02. The van der Waals surface area contributed by atoms with Gasteiger partial charge in [0.1, 0.15) is 5.54 Å². The van der Waals surface area contributed by atoms with Gasteiger partial charge in [-0.2, -0.15) is 4.91 Å². The van der Waals surface area contributed by atoms with Crippen molar-refractivity contribution >= 4 is 0 Å². The summed E-state index contributed by atoms with van der Waals surface area (Å²) in [5.41, 5.74) is -0.490. The summed E-state index contributed by atoms with van der Waals surface area (Å²) in [5.74, 6) is 0.199. The summed E-state index contributed by atoms with van der Waals surface area (Å²) in [4.78, 5) is 10.3. The standard InChI is InChI=1S/C8H15NO/c1-5-7(6-2)8(3,4)9-10/h5,7H,1,6H2,2-4H3. The first-order valence-corrected chi connectivity index (χ1v) is 3.55. The van der Waals surface area contributed by atoms with Crippen LogP contribution in [0.25, 0.3) is 0 Å². The summed E-state index contributed by atoms with van der Waals surface area (Å²) in [6.45, 7) is 9.33. The molecule has 1 atom stereocenters. The van der Waals surface area contributed by atoms with Crippen molar-refractivity contribution in [2.45, 2.75) is 32.7 Å². The first-order chi connectivity index (χ1) is 4.58. The Morgan fingerprint density at radius 2 is 2.20 bits per heavy atom. The Balaban J connectivity index is 4.24. The molecule has 58 valence electrons. The second kappa shape index (κ2) is 3.49. The average Bonchev–Trinajstić information content (AvgIpc) is 1.90. The molecule has 0 radical (unpaired) electrons. The topological polar surface area (TPSA) is 29.4 Å². The highest BCUT2D eigenvalue weighted by Gasteiger charge is 2.26. The van der Waals surface area contributed by atoms with Crippen molar-refractivity contribution in [1.82, 2.24) is 0 Å². The van der Waals surface area contributed by atoms with Crippen LogP contribution in [0.2, 0.25) is 0 Å². The fourth-order valence-corrected chi connectivity index (χ4v) is 1.02. The van der Waals surface area contributed by atoms with E-state index in [-0.39, 0.29) is 5.92 Å². The molecule has 2 nitrogen and oxygen atoms in total. The van der Waals surface area contributed by atoms with Crippen LogP contribution < -0.4 is 0 Å². The maximum Gasteiger partial charge on any atom is 0.103 e. The van der Waals surface area contributed by atoms with Crippen LogP contribution >= 0.6 is 0 Å². The van der Waals surface area contributed by atoms with E-state index < -0.39 is 5.54 Å². The van der Waals surface area contributed by atoms with Crippen molar-refractivity contribution in [1.29, 1.82) is 0 Å². The molecule has 0 spiro atoms. The van der Waals surface area contributed by atoms with Crippen LogP contribution in [-0.4, -0.2) is 5.54 Å². The Morgan fingerprint density at radius 1 is 1.70 bits per heavy atom. The summed E-state index contributed by atoms with van der Waals surface area (Å²) in [6.07, 6.45) is 2.71. The molecule has 0 saturated heterocycles. The van der Waals surface area contributed by atoms with E-state index in [4.69, 9.17) is 0 Å². The van der Waals surface area contributed by atoms with Gasteiger partial charge in [-0.15, -0.1) is 6.58 Å². The highest BCUT2D eigenvalue weighted by molar-refractivity contribution is 4.94. The van der Waals surface area contributed by atoms with Gasteiger partial charge in [-0.1, -0.05) is 18.2 Å². The van der Waals surface area contributed by atoms with Crippen LogP contribution in [0.1, 0.15) is 27.2 Å². The van der Waals surface area contributed by atoms with E-state index in [1.54, 1.807) is 6.08 Å². The second-order valence-corrected chi connectivity index (χ2v) is 3.00. The summed E-state index contributed by atoms with van der Waals surface area (Å²) in [6, 6.07) is 0. The minimum atomic E-state index is -0.490. The Labute approximate surface area is 62.3 Å². The molecule has 0 rings (SSSR count). The first-order valence-electron chi connectivity index (χ1n) is 3.55. The molecule has 0 heterocycles. The summed E-state index contributed by atoms with van der Waals surface area (Å²) < 4.78 is 0. The molecule has 0 aromatic heterocycles. The molecule has 0 fully saturated rings. The van der Waals surface area contributed by atoms with Gasteiger partial charge < -0.3 is 0 Å². The molecule has 0 saturated carbocycles. The molecule has 0 aromatic carbocycles. The molecule has 1 unspecified atom stereocenters. The highest BCUT2D eigenvalue weighted by atomic mass is 16.3. The van der Waals surface area contributed by atoms with Crippen LogP contribution in [0.15, 0.2) is 17.8 Å². The second-order valence-electron chi connectivity index (χ2n) is 3.00. The molecule has 0 bridgehead atoms. The van der Waals surface area contributed by atoms with Crippen molar-refractivity contribution in [3.05, 3.63) is 17.6 Å². The molecule has 2 heteroatoms. The lowest BCUT2D eigenvalue weighted by molar-refractivity contribution is 0.374. The highest BCUT2D eigenvalue weighted by Crippen LogP contribution is 2.24. The fraction of sp³-hybridized carbons (Fsp3) is 0.750. The largest absolute Gasteiger partial charge is 0.150 e. The van der Waals surface area contributed by atoms with Crippen LogP contribution in [-0.2, 0) is 0 Å². The normalized spacial score (nSPS) is 14.3. The van der Waals surface area contributed by atoms with Crippen molar-refractivity contribution in [3.63, 3.8) is 0 Å². The van der Waals surface area contributed by atoms with Gasteiger partial charge in [0, 0.05) is 5.92 Å². The third-order valence-electron chi connectivity index (χ3n) is 1.87. The van der Waals surface area contributed by atoms with Crippen molar-refractivity contribution in [2.75, 3.05) is 0 Å².